The molecule has 16 heteroatoms. The van der Waals surface area contributed by atoms with Gasteiger partial charge in [-0.05, 0) is 65.2 Å². The number of esters is 2. The van der Waals surface area contributed by atoms with E-state index in [4.69, 9.17) is 33.5 Å². The normalized spacial score (nSPS) is 14.3. The molecule has 414 valence electrons. The minimum Gasteiger partial charge on any atom is -1.00 e. The van der Waals surface area contributed by atoms with E-state index in [1.54, 1.807) is 37.0 Å². The zero-order valence-corrected chi connectivity index (χ0v) is 51.0. The van der Waals surface area contributed by atoms with Gasteiger partial charge in [-0.2, -0.15) is 0 Å². The molecule has 0 spiro atoms. The summed E-state index contributed by atoms with van der Waals surface area (Å²) in [7, 11) is 0.135. The molecule has 2 fully saturated rings. The number of aliphatic carboxylic acids is 1. The van der Waals surface area contributed by atoms with Gasteiger partial charge in [0.2, 0.25) is 5.91 Å². The Balaban J connectivity index is -0.000000415. The van der Waals surface area contributed by atoms with E-state index < -0.39 is 17.5 Å². The van der Waals surface area contributed by atoms with Crippen molar-refractivity contribution < 1.29 is 86.7 Å². The fourth-order valence-electron chi connectivity index (χ4n) is 7.54. The van der Waals surface area contributed by atoms with E-state index in [2.05, 4.69) is 53.8 Å². The van der Waals surface area contributed by atoms with E-state index in [0.29, 0.717) is 65.3 Å². The van der Waals surface area contributed by atoms with E-state index in [-0.39, 0.29) is 99.4 Å². The number of ether oxygens (including phenoxy) is 6. The van der Waals surface area contributed by atoms with Crippen LogP contribution in [0.25, 0.3) is 0 Å². The number of carbonyl (C=O) groups excluding carboxylic acids is 3. The van der Waals surface area contributed by atoms with Gasteiger partial charge in [0.1, 0.15) is 0 Å². The van der Waals surface area contributed by atoms with E-state index in [9.17, 15) is 19.2 Å². The van der Waals surface area contributed by atoms with Gasteiger partial charge >= 0.3 is 17.9 Å². The van der Waals surface area contributed by atoms with Crippen LogP contribution in [-0.2, 0) is 47.6 Å². The summed E-state index contributed by atoms with van der Waals surface area (Å²) in [6.45, 7) is 24.6. The summed E-state index contributed by atoms with van der Waals surface area (Å²) in [6.07, 6.45) is 32.7. The summed E-state index contributed by atoms with van der Waals surface area (Å²) in [6, 6.07) is 0. The van der Waals surface area contributed by atoms with Crippen LogP contribution >= 0.6 is 15.8 Å². The van der Waals surface area contributed by atoms with Crippen molar-refractivity contribution in [3.8, 4) is 0 Å². The van der Waals surface area contributed by atoms with Crippen molar-refractivity contribution >= 4 is 39.7 Å². The van der Waals surface area contributed by atoms with Crippen LogP contribution in [0.4, 0.5) is 0 Å². The Kier molecular flexibility index (Phi) is 57.0. The maximum atomic E-state index is 11.7. The lowest BCUT2D eigenvalue weighted by atomic mass is 10.0. The molecule has 2 N–H and O–H groups in total. The van der Waals surface area contributed by atoms with Crippen LogP contribution < -0.4 is 39.3 Å². The van der Waals surface area contributed by atoms with Gasteiger partial charge in [0.15, 0.2) is 11.6 Å². The molecule has 12 nitrogen and oxygen atoms in total. The maximum absolute atomic E-state index is 11.7. The highest BCUT2D eigenvalue weighted by atomic mass is 79.9. The smallest absolute Gasteiger partial charge is 0.306 e. The molecule has 2 heterocycles. The molecule has 2 aliphatic heterocycles. The molecule has 0 aromatic carbocycles. The molecule has 2 rings (SSSR count). The van der Waals surface area contributed by atoms with Crippen molar-refractivity contribution in [3.05, 3.63) is 0 Å². The predicted octanol–water partition coefficient (Wildman–Crippen LogP) is 7.09. The Morgan fingerprint density at radius 3 is 1.17 bits per heavy atom. The van der Waals surface area contributed by atoms with Gasteiger partial charge < -0.3 is 72.8 Å². The summed E-state index contributed by atoms with van der Waals surface area (Å²) < 4.78 is 32.5. The molecule has 0 aliphatic carbocycles. The number of halogens is 2. The standard InChI is InChI=1S/C16H28O6.C13H23NO5.2C12H27P.2BrH/c1-4-5-10-19-14(17)6-8-16(20-11-12-21-16)9-7-15(18)22-13(2)3;1-2-3-8-14-11(15)4-6-13(7-5-12(16)17)18-9-10-19-13;2*1-4-7-10-13(11-8-5-2)12-9-6-3;;/h13H,4-12H2,1-3H3;2-10H2,1H3,(H,14,15)(H,16,17);2*4-12H2,1-3H3;2*1H. The zero-order valence-electron chi connectivity index (χ0n) is 45.8. The van der Waals surface area contributed by atoms with E-state index >= 15 is 0 Å². The number of carboxylic acids is 1. The van der Waals surface area contributed by atoms with E-state index in [0.717, 1.165) is 25.7 Å². The Bertz CT molecular complexity index is 1120. The average Bonchev–Trinajstić information content (AvgIpc) is 4.00. The first-order valence-electron chi connectivity index (χ1n) is 27.3. The van der Waals surface area contributed by atoms with Crippen molar-refractivity contribution in [2.24, 2.45) is 0 Å². The van der Waals surface area contributed by atoms with Gasteiger partial charge in [-0.1, -0.05) is 107 Å². The molecule has 0 bridgehead atoms. The molecule has 1 amide bonds. The zero-order chi connectivity index (χ0) is 50.4. The number of hydrogen-bond donors (Lipinski definition) is 2. The van der Waals surface area contributed by atoms with E-state index in [1.165, 1.54) is 77.0 Å². The minimum absolute atomic E-state index is 0. The Labute approximate surface area is 446 Å². The Morgan fingerprint density at radius 2 is 0.841 bits per heavy atom. The van der Waals surface area contributed by atoms with Crippen LogP contribution in [0.1, 0.15) is 223 Å². The molecular weight excluding hydrogens is 1050 g/mol. The van der Waals surface area contributed by atoms with Crippen molar-refractivity contribution in [3.63, 3.8) is 0 Å². The highest BCUT2D eigenvalue weighted by Gasteiger charge is 2.38. The minimum atomic E-state index is -0.888. The highest BCUT2D eigenvalue weighted by Crippen LogP contribution is 2.39. The Morgan fingerprint density at radius 1 is 0.507 bits per heavy atom. The van der Waals surface area contributed by atoms with Crippen LogP contribution in [0, 0.1) is 0 Å². The fraction of sp³-hybridized carbons (Fsp3) is 0.925. The second kappa shape index (κ2) is 52.4. The van der Waals surface area contributed by atoms with Gasteiger partial charge in [-0.3, -0.25) is 19.2 Å². The van der Waals surface area contributed by atoms with Gasteiger partial charge in [0.05, 0.1) is 95.4 Å². The van der Waals surface area contributed by atoms with Crippen molar-refractivity contribution in [2.75, 3.05) is 76.6 Å². The van der Waals surface area contributed by atoms with E-state index in [1.807, 2.05) is 20.8 Å². The molecule has 2 aliphatic rings. The SMILES string of the molecule is CCCCNC(=O)CCC1(CCC(=O)O)OCCO1.CCCCOC(=O)CCC1(CCC(=O)OC(C)C)OCCO1.CCCC[PH+](CCCC)CCCC.CCCC[PH+](CCCC)CCCC.[Br-].[Br-]. The third-order valence-electron chi connectivity index (χ3n) is 11.8. The monoisotopic (exact) mass is 1150 g/mol. The largest absolute Gasteiger partial charge is 1.00 e. The highest BCUT2D eigenvalue weighted by molar-refractivity contribution is 7.57. The maximum Gasteiger partial charge on any atom is 0.306 e. The van der Waals surface area contributed by atoms with Gasteiger partial charge in [-0.25, -0.2) is 0 Å². The second-order valence-corrected chi connectivity index (χ2v) is 24.5. The molecule has 0 atom stereocenters. The number of nitrogens with one attached hydrogen (secondary N) is 1. The van der Waals surface area contributed by atoms with Gasteiger partial charge in [-0.15, -0.1) is 0 Å². The van der Waals surface area contributed by atoms with Crippen LogP contribution in [0.3, 0.4) is 0 Å². The topological polar surface area (TPSA) is 156 Å². The second-order valence-electron chi connectivity index (χ2n) is 18.5. The number of amides is 1. The number of carboxylic acid groups (broad SMARTS) is 1. The lowest BCUT2D eigenvalue weighted by Crippen LogP contribution is -3.00. The number of rotatable bonds is 37. The first-order chi connectivity index (χ1) is 32.2. The summed E-state index contributed by atoms with van der Waals surface area (Å²) >= 11 is 0. The molecule has 2 saturated heterocycles. The van der Waals surface area contributed by atoms with Crippen molar-refractivity contribution in [1.29, 1.82) is 0 Å². The summed E-state index contributed by atoms with van der Waals surface area (Å²) in [4.78, 5) is 45.6. The third kappa shape index (κ3) is 45.9. The lowest BCUT2D eigenvalue weighted by Gasteiger charge is -2.26. The number of hydrogen-bond acceptors (Lipinski definition) is 10. The van der Waals surface area contributed by atoms with Gasteiger partial charge in [0.25, 0.3) is 0 Å². The number of carbonyl (C=O) groups is 4. The molecule has 0 aromatic heterocycles. The van der Waals surface area contributed by atoms with Crippen LogP contribution in [0.2, 0.25) is 0 Å². The van der Waals surface area contributed by atoms with Crippen molar-refractivity contribution in [2.45, 2.75) is 241 Å². The van der Waals surface area contributed by atoms with Crippen LogP contribution in [0.5, 0.6) is 0 Å². The first-order valence-corrected chi connectivity index (χ1v) is 31.6. The fourth-order valence-corrected chi connectivity index (χ4v) is 14.2. The summed E-state index contributed by atoms with van der Waals surface area (Å²) in [5.74, 6) is -3.20. The molecule has 0 saturated carbocycles. The third-order valence-corrected chi connectivity index (χ3v) is 18.1. The van der Waals surface area contributed by atoms with Crippen LogP contribution in [0.15, 0.2) is 0 Å². The molecule has 0 unspecified atom stereocenters. The van der Waals surface area contributed by atoms with Crippen LogP contribution in [-0.4, -0.2) is 123 Å². The average molecular weight is 1160 g/mol. The molecule has 0 aromatic rings. The molecule has 69 heavy (non-hydrogen) atoms. The number of unbranched alkanes of at least 4 members (excludes halogenated alkanes) is 8. The predicted molar refractivity (Wildman–Crippen MR) is 284 cm³/mol. The molecule has 0 radical (unpaired) electrons. The van der Waals surface area contributed by atoms with Gasteiger partial charge in [0, 0.05) is 54.5 Å². The summed E-state index contributed by atoms with van der Waals surface area (Å²) in [5, 5.41) is 11.5. The Hall–Kier alpha value is -0.460. The quantitative estimate of drug-likeness (QED) is 0.0373. The lowest BCUT2D eigenvalue weighted by molar-refractivity contribution is -0.179. The van der Waals surface area contributed by atoms with Crippen molar-refractivity contribution in [1.82, 2.24) is 5.32 Å². The summed E-state index contributed by atoms with van der Waals surface area (Å²) in [5.41, 5.74) is 0. The first kappa shape index (κ1) is 75.1. The molecular formula is C53H107Br2NO11P2.